The van der Waals surface area contributed by atoms with Crippen LogP contribution in [0, 0.1) is 0 Å². The number of aliphatic hydroxyl groups is 4. The van der Waals surface area contributed by atoms with Crippen molar-refractivity contribution in [3.05, 3.63) is 0 Å². The lowest BCUT2D eigenvalue weighted by Crippen LogP contribution is -2.64. The van der Waals surface area contributed by atoms with Gasteiger partial charge in [-0.25, -0.2) is 4.99 Å². The molecule has 1 heterocycles. The van der Waals surface area contributed by atoms with Gasteiger partial charge in [0.25, 0.3) is 6.02 Å². The first-order valence-electron chi connectivity index (χ1n) is 7.26. The van der Waals surface area contributed by atoms with Gasteiger partial charge in [0.2, 0.25) is 0 Å². The topological polar surface area (TPSA) is 115 Å². The van der Waals surface area contributed by atoms with Crippen molar-refractivity contribution in [1.29, 1.82) is 0 Å². The number of rotatable bonds is 5. The van der Waals surface area contributed by atoms with Crippen LogP contribution in [0.1, 0.15) is 32.6 Å². The number of hydrogen-bond donors (Lipinski definition) is 5. The van der Waals surface area contributed by atoms with Crippen molar-refractivity contribution in [2.75, 3.05) is 6.54 Å². The number of aliphatic imine (C=N–C) groups is 1. The average Bonchev–Trinajstić information content (AvgIpc) is 2.87. The summed E-state index contributed by atoms with van der Waals surface area (Å²) in [4.78, 5) is 4.24. The van der Waals surface area contributed by atoms with E-state index in [1.807, 2.05) is 0 Å². The standard InChI is InChI=1S/C13H24N2O5/c1-2-3-4-5-6-14-13-15-7-8(16)9(17)10(18)11(19)12(7)20-13/h7-12,16-19H,2-6H2,1H3,(H,14,15)/t7-,8+,9-,10+,11-,12-/m1/s1. The molecule has 2 aliphatic rings. The fraction of sp³-hybridized carbons (Fsp3) is 0.923. The van der Waals surface area contributed by atoms with Gasteiger partial charge in [0.15, 0.2) is 6.10 Å². The van der Waals surface area contributed by atoms with E-state index >= 15 is 0 Å². The Hall–Kier alpha value is -0.890. The zero-order chi connectivity index (χ0) is 14.7. The zero-order valence-corrected chi connectivity index (χ0v) is 11.6. The number of aliphatic hydroxyl groups excluding tert-OH is 4. The Morgan fingerprint density at radius 2 is 1.70 bits per heavy atom. The molecule has 116 valence electrons. The Balaban J connectivity index is 1.91. The summed E-state index contributed by atoms with van der Waals surface area (Å²) >= 11 is 0. The monoisotopic (exact) mass is 288 g/mol. The van der Waals surface area contributed by atoms with Crippen molar-refractivity contribution >= 4 is 6.02 Å². The maximum Gasteiger partial charge on any atom is 0.285 e. The fourth-order valence-electron chi connectivity index (χ4n) is 2.64. The summed E-state index contributed by atoms with van der Waals surface area (Å²) in [6, 6.07) is -0.395. The Labute approximate surface area is 118 Å². The van der Waals surface area contributed by atoms with E-state index < -0.39 is 36.6 Å². The number of hydrogen-bond acceptors (Lipinski definition) is 6. The first-order chi connectivity index (χ1) is 9.56. The first-order valence-corrected chi connectivity index (χ1v) is 7.26. The van der Waals surface area contributed by atoms with Crippen LogP contribution in [-0.2, 0) is 4.74 Å². The molecule has 0 radical (unpaired) electrons. The Bertz CT molecular complexity index is 328. The minimum atomic E-state index is -1.42. The Kier molecular flexibility index (Phi) is 5.20. The van der Waals surface area contributed by atoms with Gasteiger partial charge in [0, 0.05) is 6.54 Å². The minimum absolute atomic E-state index is 0.260. The van der Waals surface area contributed by atoms with Crippen molar-refractivity contribution in [3.8, 4) is 0 Å². The van der Waals surface area contributed by atoms with E-state index in [9.17, 15) is 20.4 Å². The van der Waals surface area contributed by atoms with Crippen molar-refractivity contribution in [2.45, 2.75) is 69.2 Å². The van der Waals surface area contributed by atoms with Gasteiger partial charge in [-0.05, 0) is 6.42 Å². The molecule has 2 fully saturated rings. The largest absolute Gasteiger partial charge is 0.457 e. The summed E-state index contributed by atoms with van der Waals surface area (Å²) in [6.07, 6.45) is -1.69. The van der Waals surface area contributed by atoms with Crippen LogP contribution in [0.5, 0.6) is 0 Å². The van der Waals surface area contributed by atoms with Gasteiger partial charge in [-0.2, -0.15) is 0 Å². The molecule has 0 bridgehead atoms. The summed E-state index contributed by atoms with van der Waals surface area (Å²) in [5.74, 6) is 0. The third-order valence-electron chi connectivity index (χ3n) is 3.91. The van der Waals surface area contributed by atoms with Crippen molar-refractivity contribution < 1.29 is 25.2 Å². The smallest absolute Gasteiger partial charge is 0.285 e. The number of amidine groups is 1. The second kappa shape index (κ2) is 6.71. The molecule has 0 spiro atoms. The highest BCUT2D eigenvalue weighted by molar-refractivity contribution is 5.76. The molecule has 20 heavy (non-hydrogen) atoms. The molecule has 2 rings (SSSR count). The van der Waals surface area contributed by atoms with E-state index in [-0.39, 0.29) is 6.02 Å². The second-order valence-corrected chi connectivity index (χ2v) is 5.46. The van der Waals surface area contributed by atoms with Gasteiger partial charge in [-0.1, -0.05) is 26.2 Å². The lowest BCUT2D eigenvalue weighted by Gasteiger charge is -2.38. The van der Waals surface area contributed by atoms with Gasteiger partial charge >= 0.3 is 0 Å². The van der Waals surface area contributed by atoms with Crippen molar-refractivity contribution in [1.82, 2.24) is 5.32 Å². The van der Waals surface area contributed by atoms with Crippen molar-refractivity contribution in [2.24, 2.45) is 4.99 Å². The average molecular weight is 288 g/mol. The SMILES string of the molecule is CCCCCCN=C1N[C@@H]2[C@H](O)[C@@H](O)[C@H](O)[C@@H](O)[C@@H]2O1. The van der Waals surface area contributed by atoms with Gasteiger partial charge < -0.3 is 30.5 Å². The molecule has 0 aromatic carbocycles. The summed E-state index contributed by atoms with van der Waals surface area (Å²) in [6.45, 7) is 2.75. The zero-order valence-electron chi connectivity index (χ0n) is 11.6. The molecule has 0 aromatic heterocycles. The molecule has 1 saturated heterocycles. The molecular formula is C13H24N2O5. The highest BCUT2D eigenvalue weighted by atomic mass is 16.5. The highest BCUT2D eigenvalue weighted by Gasteiger charge is 2.53. The maximum atomic E-state index is 9.88. The minimum Gasteiger partial charge on any atom is -0.457 e. The Morgan fingerprint density at radius 3 is 2.40 bits per heavy atom. The summed E-state index contributed by atoms with van der Waals surface area (Å²) in [5, 5.41) is 41.8. The van der Waals surface area contributed by atoms with Gasteiger partial charge in [0.05, 0.1) is 6.04 Å². The molecule has 0 unspecified atom stereocenters. The fourth-order valence-corrected chi connectivity index (χ4v) is 2.64. The lowest BCUT2D eigenvalue weighted by atomic mass is 9.84. The number of nitrogens with one attached hydrogen (secondary N) is 1. The highest BCUT2D eigenvalue weighted by Crippen LogP contribution is 2.27. The molecule has 0 aromatic rings. The van der Waals surface area contributed by atoms with Gasteiger partial charge in [-0.15, -0.1) is 0 Å². The molecule has 7 heteroatoms. The van der Waals surface area contributed by atoms with Gasteiger partial charge in [0.1, 0.15) is 24.4 Å². The number of ether oxygens (including phenoxy) is 1. The summed E-state index contributed by atoms with van der Waals surface area (Å²) in [5.41, 5.74) is 0. The van der Waals surface area contributed by atoms with Crippen LogP contribution < -0.4 is 5.32 Å². The van der Waals surface area contributed by atoms with Crippen LogP contribution in [0.4, 0.5) is 0 Å². The van der Waals surface area contributed by atoms with E-state index in [4.69, 9.17) is 4.74 Å². The van der Waals surface area contributed by atoms with Crippen LogP contribution in [-0.4, -0.2) is 69.6 Å². The molecule has 1 saturated carbocycles. The number of nitrogens with zero attached hydrogens (tertiary/aromatic N) is 1. The molecular weight excluding hydrogens is 264 g/mol. The molecule has 6 atom stereocenters. The predicted molar refractivity (Wildman–Crippen MR) is 72.3 cm³/mol. The molecule has 7 nitrogen and oxygen atoms in total. The van der Waals surface area contributed by atoms with Crippen molar-refractivity contribution in [3.63, 3.8) is 0 Å². The third-order valence-corrected chi connectivity index (χ3v) is 3.91. The normalized spacial score (nSPS) is 42.1. The van der Waals surface area contributed by atoms with E-state index in [0.29, 0.717) is 6.54 Å². The summed E-state index contributed by atoms with van der Waals surface area (Å²) in [7, 11) is 0. The molecule has 5 N–H and O–H groups in total. The van der Waals surface area contributed by atoms with E-state index in [1.165, 1.54) is 6.42 Å². The first kappa shape index (κ1) is 15.5. The van der Waals surface area contributed by atoms with E-state index in [0.717, 1.165) is 19.3 Å². The van der Waals surface area contributed by atoms with E-state index in [2.05, 4.69) is 17.2 Å². The van der Waals surface area contributed by atoms with Crippen LogP contribution in [0.2, 0.25) is 0 Å². The van der Waals surface area contributed by atoms with Crippen LogP contribution in [0.25, 0.3) is 0 Å². The third kappa shape index (κ3) is 3.06. The predicted octanol–water partition coefficient (Wildman–Crippen LogP) is -1.26. The summed E-state index contributed by atoms with van der Waals surface area (Å²) < 4.78 is 5.43. The molecule has 1 aliphatic carbocycles. The number of fused-ring (bicyclic) bond motifs is 1. The van der Waals surface area contributed by atoms with E-state index in [1.54, 1.807) is 0 Å². The van der Waals surface area contributed by atoms with Crippen LogP contribution in [0.15, 0.2) is 4.99 Å². The van der Waals surface area contributed by atoms with Crippen LogP contribution >= 0.6 is 0 Å². The maximum absolute atomic E-state index is 9.88. The second-order valence-electron chi connectivity index (χ2n) is 5.46. The molecule has 1 aliphatic heterocycles. The van der Waals surface area contributed by atoms with Crippen LogP contribution in [0.3, 0.4) is 0 Å². The lowest BCUT2D eigenvalue weighted by molar-refractivity contribution is -0.174. The number of unbranched alkanes of at least 4 members (excludes halogenated alkanes) is 3. The van der Waals surface area contributed by atoms with Gasteiger partial charge in [-0.3, -0.25) is 0 Å². The molecule has 0 amide bonds. The quantitative estimate of drug-likeness (QED) is 0.403. The Morgan fingerprint density at radius 1 is 1.00 bits per heavy atom.